The second kappa shape index (κ2) is 7.79. The number of amides is 1. The maximum atomic E-state index is 11.9. The van der Waals surface area contributed by atoms with Crippen LogP contribution in [0.4, 0.5) is 0 Å². The highest BCUT2D eigenvalue weighted by Crippen LogP contribution is 2.13. The molecule has 1 unspecified atom stereocenters. The Kier molecular flexibility index (Phi) is 5.77. The molecule has 0 radical (unpaired) electrons. The maximum Gasteiger partial charge on any atom is 0.338 e. The molecule has 0 saturated heterocycles. The van der Waals surface area contributed by atoms with Crippen LogP contribution in [-0.4, -0.2) is 18.5 Å². The number of aryl methyl sites for hydroxylation is 1. The predicted molar refractivity (Wildman–Crippen MR) is 89.5 cm³/mol. The van der Waals surface area contributed by atoms with Crippen LogP contribution in [0, 0.1) is 6.92 Å². The fourth-order valence-electron chi connectivity index (χ4n) is 2.02. The van der Waals surface area contributed by atoms with Gasteiger partial charge in [-0.1, -0.05) is 41.4 Å². The topological polar surface area (TPSA) is 55.4 Å². The second-order valence-corrected chi connectivity index (χ2v) is 5.72. The standard InChI is InChI=1S/C18H18ClNO3/c1-12-3-5-14(6-4-12)13(2)20-17(21)11-23-18(22)15-7-9-16(19)10-8-15/h3-10,13H,11H2,1-2H3,(H,20,21). The molecule has 0 bridgehead atoms. The Morgan fingerprint density at radius 2 is 1.70 bits per heavy atom. The Balaban J connectivity index is 1.83. The lowest BCUT2D eigenvalue weighted by Gasteiger charge is -2.14. The number of hydrogen-bond acceptors (Lipinski definition) is 3. The quantitative estimate of drug-likeness (QED) is 0.850. The first kappa shape index (κ1) is 17.0. The third-order valence-corrected chi connectivity index (χ3v) is 3.62. The van der Waals surface area contributed by atoms with Crippen LogP contribution in [0.1, 0.15) is 34.5 Å². The van der Waals surface area contributed by atoms with E-state index in [-0.39, 0.29) is 18.6 Å². The van der Waals surface area contributed by atoms with Crippen molar-refractivity contribution in [3.8, 4) is 0 Å². The number of hydrogen-bond donors (Lipinski definition) is 1. The van der Waals surface area contributed by atoms with Crippen LogP contribution < -0.4 is 5.32 Å². The SMILES string of the molecule is Cc1ccc(C(C)NC(=O)COC(=O)c2ccc(Cl)cc2)cc1. The normalized spacial score (nSPS) is 11.6. The average molecular weight is 332 g/mol. The molecule has 0 aliphatic rings. The third kappa shape index (κ3) is 5.11. The van der Waals surface area contributed by atoms with Crippen molar-refractivity contribution >= 4 is 23.5 Å². The largest absolute Gasteiger partial charge is 0.452 e. The number of carbonyl (C=O) groups excluding carboxylic acids is 2. The van der Waals surface area contributed by atoms with Crippen LogP contribution in [0.25, 0.3) is 0 Å². The molecule has 0 spiro atoms. The van der Waals surface area contributed by atoms with Crippen LogP contribution >= 0.6 is 11.6 Å². The molecule has 2 rings (SSSR count). The minimum absolute atomic E-state index is 0.155. The average Bonchev–Trinajstić information content (AvgIpc) is 2.54. The van der Waals surface area contributed by atoms with Crippen LogP contribution in [-0.2, 0) is 9.53 Å². The first-order chi connectivity index (χ1) is 11.0. The van der Waals surface area contributed by atoms with Crippen molar-refractivity contribution in [1.82, 2.24) is 5.32 Å². The number of carbonyl (C=O) groups is 2. The first-order valence-corrected chi connectivity index (χ1v) is 7.62. The van der Waals surface area contributed by atoms with Gasteiger partial charge in [-0.15, -0.1) is 0 Å². The Labute approximate surface area is 140 Å². The molecule has 0 heterocycles. The zero-order valence-corrected chi connectivity index (χ0v) is 13.8. The number of halogens is 1. The highest BCUT2D eigenvalue weighted by molar-refractivity contribution is 6.30. The van der Waals surface area contributed by atoms with E-state index in [2.05, 4.69) is 5.32 Å². The van der Waals surface area contributed by atoms with Crippen LogP contribution in [0.15, 0.2) is 48.5 Å². The fraction of sp³-hybridized carbons (Fsp3) is 0.222. The summed E-state index contributed by atoms with van der Waals surface area (Å²) in [6, 6.07) is 14.0. The summed E-state index contributed by atoms with van der Waals surface area (Å²) in [6.45, 7) is 3.56. The molecule has 4 nitrogen and oxygen atoms in total. The van der Waals surface area contributed by atoms with E-state index in [9.17, 15) is 9.59 Å². The smallest absolute Gasteiger partial charge is 0.338 e. The van der Waals surface area contributed by atoms with E-state index in [1.807, 2.05) is 38.1 Å². The monoisotopic (exact) mass is 331 g/mol. The molecule has 1 N–H and O–H groups in total. The number of nitrogens with one attached hydrogen (secondary N) is 1. The second-order valence-electron chi connectivity index (χ2n) is 5.28. The van der Waals surface area contributed by atoms with Gasteiger partial charge in [0.2, 0.25) is 0 Å². The fourth-order valence-corrected chi connectivity index (χ4v) is 2.15. The number of esters is 1. The minimum Gasteiger partial charge on any atom is -0.452 e. The van der Waals surface area contributed by atoms with Gasteiger partial charge in [-0.3, -0.25) is 4.79 Å². The van der Waals surface area contributed by atoms with E-state index in [1.165, 1.54) is 0 Å². The van der Waals surface area contributed by atoms with E-state index in [4.69, 9.17) is 16.3 Å². The van der Waals surface area contributed by atoms with Crippen molar-refractivity contribution in [2.24, 2.45) is 0 Å². The van der Waals surface area contributed by atoms with Gasteiger partial charge >= 0.3 is 5.97 Å². The van der Waals surface area contributed by atoms with Crippen LogP contribution in [0.3, 0.4) is 0 Å². The number of benzene rings is 2. The summed E-state index contributed by atoms with van der Waals surface area (Å²) in [5.41, 5.74) is 2.51. The maximum absolute atomic E-state index is 11.9. The van der Waals surface area contributed by atoms with Gasteiger partial charge in [-0.2, -0.15) is 0 Å². The van der Waals surface area contributed by atoms with Gasteiger partial charge in [0, 0.05) is 5.02 Å². The molecular formula is C18H18ClNO3. The van der Waals surface area contributed by atoms with Crippen molar-refractivity contribution in [2.45, 2.75) is 19.9 Å². The van der Waals surface area contributed by atoms with Gasteiger partial charge in [-0.05, 0) is 43.7 Å². The van der Waals surface area contributed by atoms with Gasteiger partial charge < -0.3 is 10.1 Å². The zero-order valence-electron chi connectivity index (χ0n) is 13.0. The Morgan fingerprint density at radius 3 is 2.30 bits per heavy atom. The summed E-state index contributed by atoms with van der Waals surface area (Å²) < 4.78 is 4.99. The third-order valence-electron chi connectivity index (χ3n) is 3.37. The van der Waals surface area contributed by atoms with Gasteiger partial charge in [0.15, 0.2) is 6.61 Å². The lowest BCUT2D eigenvalue weighted by molar-refractivity contribution is -0.124. The van der Waals surface area contributed by atoms with Crippen molar-refractivity contribution in [3.63, 3.8) is 0 Å². The van der Waals surface area contributed by atoms with E-state index < -0.39 is 5.97 Å². The highest BCUT2D eigenvalue weighted by Gasteiger charge is 2.13. The molecule has 0 aromatic heterocycles. The molecule has 0 aliphatic carbocycles. The summed E-state index contributed by atoms with van der Waals surface area (Å²) in [5.74, 6) is -0.903. The van der Waals surface area contributed by atoms with Crippen molar-refractivity contribution in [3.05, 3.63) is 70.2 Å². The molecule has 1 amide bonds. The number of ether oxygens (including phenoxy) is 1. The Hall–Kier alpha value is -2.33. The van der Waals surface area contributed by atoms with Crippen LogP contribution in [0.2, 0.25) is 5.02 Å². The predicted octanol–water partition coefficient (Wildman–Crippen LogP) is 3.68. The minimum atomic E-state index is -0.556. The van der Waals surface area contributed by atoms with Crippen molar-refractivity contribution in [2.75, 3.05) is 6.61 Å². The lowest BCUT2D eigenvalue weighted by Crippen LogP contribution is -2.31. The summed E-state index contributed by atoms with van der Waals surface area (Å²) in [4.78, 5) is 23.7. The first-order valence-electron chi connectivity index (χ1n) is 7.24. The highest BCUT2D eigenvalue weighted by atomic mass is 35.5. The molecule has 2 aromatic carbocycles. The molecule has 23 heavy (non-hydrogen) atoms. The summed E-state index contributed by atoms with van der Waals surface area (Å²) >= 11 is 5.75. The molecular weight excluding hydrogens is 314 g/mol. The lowest BCUT2D eigenvalue weighted by atomic mass is 10.1. The van der Waals surface area contributed by atoms with E-state index >= 15 is 0 Å². The molecule has 1 atom stereocenters. The Morgan fingerprint density at radius 1 is 1.09 bits per heavy atom. The van der Waals surface area contributed by atoms with Crippen LogP contribution in [0.5, 0.6) is 0 Å². The van der Waals surface area contributed by atoms with Gasteiger partial charge in [0.25, 0.3) is 5.91 Å². The van der Waals surface area contributed by atoms with Crippen molar-refractivity contribution < 1.29 is 14.3 Å². The molecule has 5 heteroatoms. The van der Waals surface area contributed by atoms with Crippen molar-refractivity contribution in [1.29, 1.82) is 0 Å². The molecule has 120 valence electrons. The Bertz CT molecular complexity index is 680. The summed E-state index contributed by atoms with van der Waals surface area (Å²) in [5, 5.41) is 3.33. The van der Waals surface area contributed by atoms with E-state index in [0.717, 1.165) is 11.1 Å². The zero-order chi connectivity index (χ0) is 16.8. The van der Waals surface area contributed by atoms with Gasteiger partial charge in [-0.25, -0.2) is 4.79 Å². The molecule has 0 aliphatic heterocycles. The van der Waals surface area contributed by atoms with E-state index in [0.29, 0.717) is 10.6 Å². The molecule has 0 saturated carbocycles. The van der Waals surface area contributed by atoms with E-state index in [1.54, 1.807) is 24.3 Å². The molecule has 2 aromatic rings. The van der Waals surface area contributed by atoms with Gasteiger partial charge in [0.05, 0.1) is 11.6 Å². The molecule has 0 fully saturated rings. The number of rotatable bonds is 5. The summed E-state index contributed by atoms with van der Waals surface area (Å²) in [7, 11) is 0. The summed E-state index contributed by atoms with van der Waals surface area (Å²) in [6.07, 6.45) is 0. The van der Waals surface area contributed by atoms with Gasteiger partial charge in [0.1, 0.15) is 0 Å².